The quantitative estimate of drug-likeness (QED) is 0.619. The van der Waals surface area contributed by atoms with Gasteiger partial charge in [0.1, 0.15) is 17.3 Å². The molecule has 1 amide bonds. The van der Waals surface area contributed by atoms with Crippen molar-refractivity contribution in [2.75, 3.05) is 39.2 Å². The number of imidazole rings is 1. The maximum Gasteiger partial charge on any atom is 0.238 e. The number of halogens is 1. The number of methoxy groups -OCH3 is 2. The molecule has 2 N–H and O–H groups in total. The number of ether oxygens (including phenoxy) is 2. The smallest absolute Gasteiger partial charge is 0.238 e. The molecular weight excluding hydrogens is 404 g/mol. The van der Waals surface area contributed by atoms with Crippen LogP contribution in [0, 0.1) is 0 Å². The Labute approximate surface area is 180 Å². The Hall–Kier alpha value is -2.77. The molecule has 0 bridgehead atoms. The summed E-state index contributed by atoms with van der Waals surface area (Å²) in [6.07, 6.45) is 1.90. The predicted molar refractivity (Wildman–Crippen MR) is 118 cm³/mol. The van der Waals surface area contributed by atoms with E-state index in [9.17, 15) is 4.79 Å². The number of aromatic amines is 1. The van der Waals surface area contributed by atoms with Gasteiger partial charge in [0.2, 0.25) is 5.91 Å². The molecule has 0 radical (unpaired) electrons. The third-order valence-electron chi connectivity index (χ3n) is 5.48. The number of hydrogen-bond donors (Lipinski definition) is 2. The topological polar surface area (TPSA) is 79.5 Å². The maximum atomic E-state index is 12.6. The van der Waals surface area contributed by atoms with Crippen molar-refractivity contribution in [2.24, 2.45) is 0 Å². The summed E-state index contributed by atoms with van der Waals surface area (Å²) in [5, 5.41) is 3.63. The summed E-state index contributed by atoms with van der Waals surface area (Å²) in [4.78, 5) is 22.8. The molecule has 4 rings (SSSR count). The summed E-state index contributed by atoms with van der Waals surface area (Å²) in [6, 6.07) is 11.0. The fourth-order valence-electron chi connectivity index (χ4n) is 3.86. The highest BCUT2D eigenvalue weighted by Gasteiger charge is 2.24. The van der Waals surface area contributed by atoms with Gasteiger partial charge in [-0.1, -0.05) is 11.6 Å². The summed E-state index contributed by atoms with van der Waals surface area (Å²) in [6.45, 7) is 2.01. The second-order valence-electron chi connectivity index (χ2n) is 7.45. The Kier molecular flexibility index (Phi) is 6.11. The molecule has 2 aromatic carbocycles. The summed E-state index contributed by atoms with van der Waals surface area (Å²) < 4.78 is 10.6. The fraction of sp³-hybridized carbons (Fsp3) is 0.364. The molecule has 7 nitrogen and oxygen atoms in total. The van der Waals surface area contributed by atoms with Crippen LogP contribution in [-0.2, 0) is 4.79 Å². The molecule has 1 aliphatic rings. The van der Waals surface area contributed by atoms with E-state index >= 15 is 0 Å². The monoisotopic (exact) mass is 428 g/mol. The zero-order valence-electron chi connectivity index (χ0n) is 17.1. The lowest BCUT2D eigenvalue weighted by molar-refractivity contribution is -0.117. The molecule has 8 heteroatoms. The second kappa shape index (κ2) is 8.93. The second-order valence-corrected chi connectivity index (χ2v) is 7.88. The third-order valence-corrected chi connectivity index (χ3v) is 5.72. The first-order valence-corrected chi connectivity index (χ1v) is 10.3. The number of benzene rings is 2. The van der Waals surface area contributed by atoms with E-state index in [4.69, 9.17) is 26.1 Å². The Morgan fingerprint density at radius 3 is 2.73 bits per heavy atom. The Morgan fingerprint density at radius 2 is 2.00 bits per heavy atom. The molecule has 30 heavy (non-hydrogen) atoms. The number of piperidine rings is 1. The van der Waals surface area contributed by atoms with Crippen LogP contribution in [0.2, 0.25) is 5.02 Å². The van der Waals surface area contributed by atoms with E-state index in [-0.39, 0.29) is 5.91 Å². The largest absolute Gasteiger partial charge is 0.497 e. The van der Waals surface area contributed by atoms with Gasteiger partial charge in [-0.3, -0.25) is 9.69 Å². The normalized spacial score (nSPS) is 15.3. The van der Waals surface area contributed by atoms with Crippen LogP contribution in [0.3, 0.4) is 0 Å². The van der Waals surface area contributed by atoms with Crippen molar-refractivity contribution in [3.63, 3.8) is 0 Å². The van der Waals surface area contributed by atoms with Crippen LogP contribution >= 0.6 is 11.6 Å². The summed E-state index contributed by atoms with van der Waals surface area (Å²) in [5.74, 6) is 2.55. The SMILES string of the molecule is COc1ccc(OC)c(NC(=O)CN2CCC(c3nc4ccc(Cl)cc4[nH]3)CC2)c1. The number of nitrogens with one attached hydrogen (secondary N) is 2. The summed E-state index contributed by atoms with van der Waals surface area (Å²) >= 11 is 6.07. The number of likely N-dealkylation sites (tertiary alicyclic amines) is 1. The minimum absolute atomic E-state index is 0.0709. The minimum Gasteiger partial charge on any atom is -0.497 e. The van der Waals surface area contributed by atoms with Crippen LogP contribution in [0.25, 0.3) is 11.0 Å². The Bertz CT molecular complexity index is 1040. The number of amides is 1. The van der Waals surface area contributed by atoms with Gasteiger partial charge in [-0.05, 0) is 56.3 Å². The molecule has 1 aliphatic heterocycles. The predicted octanol–water partition coefficient (Wildman–Crippen LogP) is 4.05. The van der Waals surface area contributed by atoms with Crippen LogP contribution in [0.1, 0.15) is 24.6 Å². The fourth-order valence-corrected chi connectivity index (χ4v) is 4.04. The first kappa shape index (κ1) is 20.5. The van der Waals surface area contributed by atoms with Gasteiger partial charge in [-0.25, -0.2) is 4.98 Å². The number of fused-ring (bicyclic) bond motifs is 1. The van der Waals surface area contributed by atoms with Gasteiger partial charge in [-0.15, -0.1) is 0 Å². The summed E-state index contributed by atoms with van der Waals surface area (Å²) in [7, 11) is 3.17. The number of anilines is 1. The molecule has 0 saturated carbocycles. The van der Waals surface area contributed by atoms with Crippen LogP contribution in [0.15, 0.2) is 36.4 Å². The van der Waals surface area contributed by atoms with Crippen molar-refractivity contribution < 1.29 is 14.3 Å². The number of hydrogen-bond acceptors (Lipinski definition) is 5. The van der Waals surface area contributed by atoms with E-state index in [1.807, 2.05) is 18.2 Å². The van der Waals surface area contributed by atoms with Crippen LogP contribution in [0.4, 0.5) is 5.69 Å². The van der Waals surface area contributed by atoms with E-state index in [0.717, 1.165) is 42.8 Å². The van der Waals surface area contributed by atoms with E-state index < -0.39 is 0 Å². The van der Waals surface area contributed by atoms with Crippen molar-refractivity contribution in [3.05, 3.63) is 47.2 Å². The molecular formula is C22H25ClN4O3. The highest BCUT2D eigenvalue weighted by atomic mass is 35.5. The van der Waals surface area contributed by atoms with E-state index in [1.165, 1.54) is 0 Å². The molecule has 0 spiro atoms. The number of nitrogens with zero attached hydrogens (tertiary/aromatic N) is 2. The maximum absolute atomic E-state index is 12.6. The lowest BCUT2D eigenvalue weighted by atomic mass is 9.96. The molecule has 1 fully saturated rings. The van der Waals surface area contributed by atoms with Gasteiger partial charge >= 0.3 is 0 Å². The molecule has 1 saturated heterocycles. The highest BCUT2D eigenvalue weighted by molar-refractivity contribution is 6.31. The van der Waals surface area contributed by atoms with E-state index in [2.05, 4.69) is 15.2 Å². The minimum atomic E-state index is -0.0709. The van der Waals surface area contributed by atoms with Crippen molar-refractivity contribution in [1.82, 2.24) is 14.9 Å². The van der Waals surface area contributed by atoms with Gasteiger partial charge in [0.15, 0.2) is 0 Å². The third kappa shape index (κ3) is 4.52. The van der Waals surface area contributed by atoms with Crippen LogP contribution < -0.4 is 14.8 Å². The number of H-pyrrole nitrogens is 1. The Balaban J connectivity index is 1.33. The lowest BCUT2D eigenvalue weighted by Gasteiger charge is -2.30. The van der Waals surface area contributed by atoms with E-state index in [0.29, 0.717) is 34.7 Å². The first-order chi connectivity index (χ1) is 14.6. The molecule has 1 aromatic heterocycles. The zero-order chi connectivity index (χ0) is 21.1. The average molecular weight is 429 g/mol. The van der Waals surface area contributed by atoms with Gasteiger partial charge in [-0.2, -0.15) is 0 Å². The van der Waals surface area contributed by atoms with Crippen molar-refractivity contribution >= 4 is 34.2 Å². The van der Waals surface area contributed by atoms with Gasteiger partial charge in [0, 0.05) is 17.0 Å². The molecule has 2 heterocycles. The number of carbonyl (C=O) groups is 1. The van der Waals surface area contributed by atoms with E-state index in [1.54, 1.807) is 32.4 Å². The molecule has 0 unspecified atom stereocenters. The van der Waals surface area contributed by atoms with Gasteiger partial charge in [0.25, 0.3) is 0 Å². The number of aromatic nitrogens is 2. The molecule has 0 atom stereocenters. The standard InChI is InChI=1S/C22H25ClN4O3/c1-29-16-4-6-20(30-2)19(12-16)24-21(28)13-27-9-7-14(8-10-27)22-25-17-5-3-15(23)11-18(17)26-22/h3-6,11-12,14H,7-10,13H2,1-2H3,(H,24,28)(H,25,26). The van der Waals surface area contributed by atoms with Gasteiger partial charge < -0.3 is 19.8 Å². The van der Waals surface area contributed by atoms with Gasteiger partial charge in [0.05, 0.1) is 37.5 Å². The van der Waals surface area contributed by atoms with Crippen molar-refractivity contribution in [3.8, 4) is 11.5 Å². The lowest BCUT2D eigenvalue weighted by Crippen LogP contribution is -2.39. The molecule has 158 valence electrons. The zero-order valence-corrected chi connectivity index (χ0v) is 17.8. The van der Waals surface area contributed by atoms with Crippen molar-refractivity contribution in [2.45, 2.75) is 18.8 Å². The molecule has 0 aliphatic carbocycles. The van der Waals surface area contributed by atoms with Crippen LogP contribution in [0.5, 0.6) is 11.5 Å². The van der Waals surface area contributed by atoms with Crippen molar-refractivity contribution in [1.29, 1.82) is 0 Å². The average Bonchev–Trinajstić information content (AvgIpc) is 3.17. The highest BCUT2D eigenvalue weighted by Crippen LogP contribution is 2.30. The summed E-state index contributed by atoms with van der Waals surface area (Å²) in [5.41, 5.74) is 2.51. The molecule has 3 aromatic rings. The van der Waals surface area contributed by atoms with Crippen LogP contribution in [-0.4, -0.2) is 54.6 Å². The number of rotatable bonds is 6. The Morgan fingerprint density at radius 1 is 1.20 bits per heavy atom. The first-order valence-electron chi connectivity index (χ1n) is 9.95. The number of carbonyl (C=O) groups excluding carboxylic acids is 1.